The molecule has 0 N–H and O–H groups in total. The minimum atomic E-state index is -1.90. The molecule has 0 aromatic carbocycles. The molecule has 0 aliphatic rings. The van der Waals surface area contributed by atoms with Crippen molar-refractivity contribution in [1.29, 1.82) is 0 Å². The van der Waals surface area contributed by atoms with Gasteiger partial charge in [0, 0.05) is 5.92 Å². The van der Waals surface area contributed by atoms with Crippen LogP contribution in [-0.2, 0) is 13.6 Å². The summed E-state index contributed by atoms with van der Waals surface area (Å²) in [4.78, 5) is 11.2. The number of hydrogen-bond acceptors (Lipinski definition) is 3. The molecular formula is C23H48O3Si2. The summed E-state index contributed by atoms with van der Waals surface area (Å²) in [6.07, 6.45) is 4.28. The van der Waals surface area contributed by atoms with E-state index in [4.69, 9.17) is 8.85 Å². The Kier molecular flexibility index (Phi) is 10.6. The lowest BCUT2D eigenvalue weighted by Gasteiger charge is -2.46. The van der Waals surface area contributed by atoms with Gasteiger partial charge >= 0.3 is 0 Å². The van der Waals surface area contributed by atoms with E-state index in [0.717, 1.165) is 18.3 Å². The fourth-order valence-corrected chi connectivity index (χ4v) is 6.06. The van der Waals surface area contributed by atoms with E-state index in [1.807, 2.05) is 6.92 Å². The molecule has 0 rings (SSSR count). The lowest BCUT2D eigenvalue weighted by atomic mass is 9.83. The maximum Gasteiger partial charge on any atom is 0.192 e. The van der Waals surface area contributed by atoms with Crippen LogP contribution in [-0.4, -0.2) is 35.1 Å². The normalized spacial score (nSPS) is 19.7. The van der Waals surface area contributed by atoms with Crippen LogP contribution in [0.3, 0.4) is 0 Å². The van der Waals surface area contributed by atoms with Crippen LogP contribution in [0.15, 0.2) is 11.6 Å². The number of carbonyl (C=O) groups is 1. The second kappa shape index (κ2) is 10.7. The van der Waals surface area contributed by atoms with Gasteiger partial charge in [0.25, 0.3) is 0 Å². The molecule has 0 aliphatic heterocycles. The lowest BCUT2D eigenvalue weighted by molar-refractivity contribution is -0.104. The van der Waals surface area contributed by atoms with Crippen LogP contribution in [0.5, 0.6) is 0 Å². The highest BCUT2D eigenvalue weighted by atomic mass is 28.4. The Labute approximate surface area is 177 Å². The number of carbonyl (C=O) groups excluding carboxylic acids is 1. The van der Waals surface area contributed by atoms with Gasteiger partial charge in [-0.15, -0.1) is 0 Å². The van der Waals surface area contributed by atoms with E-state index >= 15 is 0 Å². The Morgan fingerprint density at radius 3 is 1.82 bits per heavy atom. The Morgan fingerprint density at radius 1 is 0.964 bits per heavy atom. The molecule has 0 aromatic rings. The summed E-state index contributed by atoms with van der Waals surface area (Å²) in [6.45, 7) is 29.2. The molecule has 0 unspecified atom stereocenters. The third-order valence-corrected chi connectivity index (χ3v) is 11.7. The standard InChI is InChI=1S/C23H48O3Si2/c1-14-18(3)21(26-28(12,13)23(6,7)8)20(5)22(25-27(9,10)11)19(4)15-17(2)16-24/h15-16,18-22H,14H2,1-13H3/b17-15+/t18-,19+,20+,21+,22-/m0/s1. The first-order valence-corrected chi connectivity index (χ1v) is 17.3. The Balaban J connectivity index is 5.99. The second-order valence-corrected chi connectivity index (χ2v) is 20.4. The Hall–Kier alpha value is -0.236. The Bertz CT molecular complexity index is 515. The predicted octanol–water partition coefficient (Wildman–Crippen LogP) is 7.06. The van der Waals surface area contributed by atoms with Crippen LogP contribution in [0.2, 0.25) is 37.8 Å². The molecule has 0 saturated carbocycles. The molecular weight excluding hydrogens is 380 g/mol. The van der Waals surface area contributed by atoms with Crippen molar-refractivity contribution in [2.75, 3.05) is 0 Å². The van der Waals surface area contributed by atoms with E-state index in [-0.39, 0.29) is 29.1 Å². The van der Waals surface area contributed by atoms with E-state index < -0.39 is 16.6 Å². The summed E-state index contributed by atoms with van der Waals surface area (Å²) < 4.78 is 13.7. The molecule has 3 nitrogen and oxygen atoms in total. The molecule has 0 aromatic heterocycles. The maximum absolute atomic E-state index is 11.2. The zero-order valence-electron chi connectivity index (χ0n) is 21.0. The van der Waals surface area contributed by atoms with Crippen molar-refractivity contribution in [2.24, 2.45) is 17.8 Å². The van der Waals surface area contributed by atoms with Crippen LogP contribution in [0.4, 0.5) is 0 Å². The van der Waals surface area contributed by atoms with E-state index in [1.165, 1.54) is 0 Å². The molecule has 0 radical (unpaired) electrons. The SMILES string of the molecule is CC[C@H](C)[C@@H](O[Si](C)(C)C(C)(C)C)[C@@H](C)[C@@H](O[Si](C)(C)C)[C@H](C)/C=C(\C)C=O. The van der Waals surface area contributed by atoms with Crippen molar-refractivity contribution in [1.82, 2.24) is 0 Å². The molecule has 0 bridgehead atoms. The molecule has 28 heavy (non-hydrogen) atoms. The zero-order valence-corrected chi connectivity index (χ0v) is 23.0. The zero-order chi connectivity index (χ0) is 22.5. The van der Waals surface area contributed by atoms with Crippen LogP contribution in [0.25, 0.3) is 0 Å². The second-order valence-electron chi connectivity index (χ2n) is 11.2. The van der Waals surface area contributed by atoms with Crippen LogP contribution >= 0.6 is 0 Å². The molecule has 0 saturated heterocycles. The van der Waals surface area contributed by atoms with Gasteiger partial charge in [-0.1, -0.05) is 61.0 Å². The van der Waals surface area contributed by atoms with Crippen LogP contribution in [0, 0.1) is 17.8 Å². The molecule has 0 heterocycles. The summed E-state index contributed by atoms with van der Waals surface area (Å²) >= 11 is 0. The lowest BCUT2D eigenvalue weighted by Crippen LogP contribution is -2.51. The molecule has 5 heteroatoms. The largest absolute Gasteiger partial charge is 0.414 e. The van der Waals surface area contributed by atoms with Crippen molar-refractivity contribution >= 4 is 22.9 Å². The first kappa shape index (κ1) is 27.8. The minimum absolute atomic E-state index is 0.0466. The topological polar surface area (TPSA) is 35.5 Å². The summed E-state index contributed by atoms with van der Waals surface area (Å²) in [6, 6.07) is 0. The maximum atomic E-state index is 11.2. The summed E-state index contributed by atoms with van der Waals surface area (Å²) in [5.74, 6) is 0.878. The van der Waals surface area contributed by atoms with Crippen molar-refractivity contribution < 1.29 is 13.6 Å². The van der Waals surface area contributed by atoms with E-state index in [1.54, 1.807) is 0 Å². The average Bonchev–Trinajstić information content (AvgIpc) is 2.54. The third-order valence-electron chi connectivity index (χ3n) is 6.20. The molecule has 166 valence electrons. The number of hydrogen-bond donors (Lipinski definition) is 0. The first-order valence-electron chi connectivity index (χ1n) is 11.0. The summed E-state index contributed by atoms with van der Waals surface area (Å²) in [5, 5.41) is 0.174. The number of rotatable bonds is 11. The van der Waals surface area contributed by atoms with E-state index in [9.17, 15) is 4.79 Å². The fraction of sp³-hybridized carbons (Fsp3) is 0.870. The van der Waals surface area contributed by atoms with Crippen LogP contribution < -0.4 is 0 Å². The number of allylic oxidation sites excluding steroid dienone is 1. The van der Waals surface area contributed by atoms with Crippen LogP contribution in [0.1, 0.15) is 61.8 Å². The monoisotopic (exact) mass is 428 g/mol. The molecule has 0 spiro atoms. The first-order chi connectivity index (χ1) is 12.5. The van der Waals surface area contributed by atoms with E-state index in [0.29, 0.717) is 5.92 Å². The van der Waals surface area contributed by atoms with Gasteiger partial charge in [-0.05, 0) is 62.1 Å². The van der Waals surface area contributed by atoms with Crippen molar-refractivity contribution in [2.45, 2.75) is 112 Å². The van der Waals surface area contributed by atoms with Crippen molar-refractivity contribution in [3.8, 4) is 0 Å². The van der Waals surface area contributed by atoms with E-state index in [2.05, 4.69) is 87.3 Å². The fourth-order valence-electron chi connectivity index (χ4n) is 3.33. The van der Waals surface area contributed by atoms with Crippen molar-refractivity contribution in [3.05, 3.63) is 11.6 Å². The third kappa shape index (κ3) is 8.64. The van der Waals surface area contributed by atoms with Gasteiger partial charge in [0.2, 0.25) is 0 Å². The predicted molar refractivity (Wildman–Crippen MR) is 128 cm³/mol. The quantitative estimate of drug-likeness (QED) is 0.201. The highest BCUT2D eigenvalue weighted by Gasteiger charge is 2.43. The molecule has 0 fully saturated rings. The van der Waals surface area contributed by atoms with Gasteiger partial charge in [0.15, 0.2) is 16.6 Å². The van der Waals surface area contributed by atoms with Gasteiger partial charge in [0.1, 0.15) is 6.29 Å². The number of aldehydes is 1. The minimum Gasteiger partial charge on any atom is -0.414 e. The Morgan fingerprint density at radius 2 is 1.46 bits per heavy atom. The van der Waals surface area contributed by atoms with Gasteiger partial charge in [-0.25, -0.2) is 0 Å². The highest BCUT2D eigenvalue weighted by molar-refractivity contribution is 6.74. The molecule has 5 atom stereocenters. The summed E-state index contributed by atoms with van der Waals surface area (Å²) in [7, 11) is -3.66. The highest BCUT2D eigenvalue weighted by Crippen LogP contribution is 2.41. The van der Waals surface area contributed by atoms with Gasteiger partial charge in [-0.3, -0.25) is 4.79 Å². The van der Waals surface area contributed by atoms with Crippen molar-refractivity contribution in [3.63, 3.8) is 0 Å². The van der Waals surface area contributed by atoms with Gasteiger partial charge < -0.3 is 8.85 Å². The average molecular weight is 429 g/mol. The molecule has 0 aliphatic carbocycles. The van der Waals surface area contributed by atoms with Gasteiger partial charge in [-0.2, -0.15) is 0 Å². The molecule has 0 amide bonds. The summed E-state index contributed by atoms with van der Waals surface area (Å²) in [5.41, 5.74) is 0.772. The van der Waals surface area contributed by atoms with Gasteiger partial charge in [0.05, 0.1) is 12.2 Å². The smallest absolute Gasteiger partial charge is 0.192 e.